The van der Waals surface area contributed by atoms with Gasteiger partial charge in [-0.2, -0.15) is 0 Å². The van der Waals surface area contributed by atoms with Crippen molar-refractivity contribution in [2.24, 2.45) is 5.73 Å². The van der Waals surface area contributed by atoms with Gasteiger partial charge in [-0.15, -0.1) is 0 Å². The molecule has 0 spiro atoms. The van der Waals surface area contributed by atoms with Crippen LogP contribution in [0.15, 0.2) is 36.4 Å². The molecule has 1 aliphatic rings. The zero-order valence-electron chi connectivity index (χ0n) is 10.6. The average molecular weight is 241 g/mol. The molecule has 1 fully saturated rings. The number of fused-ring (bicyclic) bond motifs is 1. The minimum Gasteiger partial charge on any atom is -0.490 e. The van der Waals surface area contributed by atoms with Crippen LogP contribution in [0.1, 0.15) is 31.2 Å². The molecular formula is C16H19NO. The summed E-state index contributed by atoms with van der Waals surface area (Å²) >= 11 is 0. The van der Waals surface area contributed by atoms with Gasteiger partial charge in [0.1, 0.15) is 5.75 Å². The number of benzene rings is 2. The highest BCUT2D eigenvalue weighted by atomic mass is 16.5. The van der Waals surface area contributed by atoms with Gasteiger partial charge in [0.05, 0.1) is 6.10 Å². The molecule has 0 radical (unpaired) electrons. The Bertz CT molecular complexity index is 544. The Morgan fingerprint density at radius 1 is 1.06 bits per heavy atom. The van der Waals surface area contributed by atoms with Crippen molar-refractivity contribution in [3.63, 3.8) is 0 Å². The first kappa shape index (κ1) is 11.5. The van der Waals surface area contributed by atoms with Gasteiger partial charge >= 0.3 is 0 Å². The van der Waals surface area contributed by atoms with Crippen LogP contribution >= 0.6 is 0 Å². The highest BCUT2D eigenvalue weighted by Crippen LogP contribution is 2.31. The molecule has 3 rings (SSSR count). The molecule has 0 atom stereocenters. The van der Waals surface area contributed by atoms with E-state index in [9.17, 15) is 0 Å². The molecular weight excluding hydrogens is 222 g/mol. The summed E-state index contributed by atoms with van der Waals surface area (Å²) < 4.78 is 6.13. The van der Waals surface area contributed by atoms with Crippen molar-refractivity contribution in [2.75, 3.05) is 0 Å². The topological polar surface area (TPSA) is 35.2 Å². The van der Waals surface area contributed by atoms with E-state index in [4.69, 9.17) is 10.5 Å². The second-order valence-electron chi connectivity index (χ2n) is 4.99. The van der Waals surface area contributed by atoms with Gasteiger partial charge in [-0.1, -0.05) is 30.3 Å². The van der Waals surface area contributed by atoms with Crippen LogP contribution in [0.2, 0.25) is 0 Å². The molecule has 18 heavy (non-hydrogen) atoms. The molecule has 0 unspecified atom stereocenters. The maximum atomic E-state index is 6.13. The first-order valence-corrected chi connectivity index (χ1v) is 6.76. The molecule has 0 heterocycles. The fraction of sp³-hybridized carbons (Fsp3) is 0.375. The van der Waals surface area contributed by atoms with E-state index in [0.717, 1.165) is 11.3 Å². The minimum atomic E-state index is 0.386. The van der Waals surface area contributed by atoms with Gasteiger partial charge in [0.25, 0.3) is 0 Å². The molecule has 1 aliphatic carbocycles. The van der Waals surface area contributed by atoms with E-state index in [0.29, 0.717) is 12.6 Å². The fourth-order valence-corrected chi connectivity index (χ4v) is 2.82. The third-order valence-corrected chi connectivity index (χ3v) is 3.80. The second-order valence-corrected chi connectivity index (χ2v) is 4.99. The number of ether oxygens (including phenoxy) is 1. The van der Waals surface area contributed by atoms with Crippen LogP contribution in [0.3, 0.4) is 0 Å². The lowest BCUT2D eigenvalue weighted by Crippen LogP contribution is -2.13. The van der Waals surface area contributed by atoms with E-state index in [-0.39, 0.29) is 0 Å². The summed E-state index contributed by atoms with van der Waals surface area (Å²) in [6.45, 7) is 0.531. The Balaban J connectivity index is 2.00. The van der Waals surface area contributed by atoms with E-state index in [1.807, 2.05) is 0 Å². The maximum Gasteiger partial charge on any atom is 0.124 e. The van der Waals surface area contributed by atoms with Gasteiger partial charge in [0.2, 0.25) is 0 Å². The van der Waals surface area contributed by atoms with Crippen LogP contribution in [-0.4, -0.2) is 6.10 Å². The zero-order valence-corrected chi connectivity index (χ0v) is 10.6. The maximum absolute atomic E-state index is 6.13. The van der Waals surface area contributed by atoms with Crippen LogP contribution in [0.25, 0.3) is 10.8 Å². The molecule has 2 heteroatoms. The molecule has 2 aromatic carbocycles. The molecule has 2 aromatic rings. The van der Waals surface area contributed by atoms with Gasteiger partial charge in [0, 0.05) is 12.1 Å². The molecule has 0 aromatic heterocycles. The number of hydrogen-bond donors (Lipinski definition) is 1. The summed E-state index contributed by atoms with van der Waals surface area (Å²) in [6, 6.07) is 12.6. The molecule has 0 bridgehead atoms. The Hall–Kier alpha value is -1.54. The van der Waals surface area contributed by atoms with Crippen LogP contribution in [0.4, 0.5) is 0 Å². The van der Waals surface area contributed by atoms with E-state index >= 15 is 0 Å². The predicted molar refractivity (Wildman–Crippen MR) is 74.7 cm³/mol. The SMILES string of the molecule is NCc1c(OC2CCCC2)ccc2ccccc12. The first-order chi connectivity index (χ1) is 8.88. The van der Waals surface area contributed by atoms with Crippen molar-refractivity contribution in [3.8, 4) is 5.75 Å². The third kappa shape index (κ3) is 2.08. The Labute approximate surface area is 108 Å². The smallest absolute Gasteiger partial charge is 0.124 e. The monoisotopic (exact) mass is 241 g/mol. The van der Waals surface area contributed by atoms with Crippen LogP contribution in [0, 0.1) is 0 Å². The quantitative estimate of drug-likeness (QED) is 0.890. The zero-order chi connectivity index (χ0) is 12.4. The second kappa shape index (κ2) is 4.99. The highest BCUT2D eigenvalue weighted by Gasteiger charge is 2.18. The van der Waals surface area contributed by atoms with Crippen molar-refractivity contribution in [3.05, 3.63) is 42.0 Å². The number of hydrogen-bond acceptors (Lipinski definition) is 2. The van der Waals surface area contributed by atoms with Gasteiger partial charge in [0.15, 0.2) is 0 Å². The Morgan fingerprint density at radius 2 is 1.83 bits per heavy atom. The van der Waals surface area contributed by atoms with Gasteiger partial charge in [-0.25, -0.2) is 0 Å². The summed E-state index contributed by atoms with van der Waals surface area (Å²) in [4.78, 5) is 0. The molecule has 1 saturated carbocycles. The molecule has 94 valence electrons. The van der Waals surface area contributed by atoms with E-state index in [2.05, 4.69) is 36.4 Å². The van der Waals surface area contributed by atoms with E-state index in [1.54, 1.807) is 0 Å². The third-order valence-electron chi connectivity index (χ3n) is 3.80. The highest BCUT2D eigenvalue weighted by molar-refractivity contribution is 5.87. The van der Waals surface area contributed by atoms with Gasteiger partial charge in [-0.3, -0.25) is 0 Å². The van der Waals surface area contributed by atoms with Gasteiger partial charge < -0.3 is 10.5 Å². The number of nitrogens with two attached hydrogens (primary N) is 1. The largest absolute Gasteiger partial charge is 0.490 e. The minimum absolute atomic E-state index is 0.386. The summed E-state index contributed by atoms with van der Waals surface area (Å²) in [5.74, 6) is 0.975. The molecule has 0 amide bonds. The first-order valence-electron chi connectivity index (χ1n) is 6.76. The van der Waals surface area contributed by atoms with Crippen molar-refractivity contribution in [1.82, 2.24) is 0 Å². The van der Waals surface area contributed by atoms with Gasteiger partial charge in [-0.05, 0) is 42.5 Å². The van der Waals surface area contributed by atoms with Crippen molar-refractivity contribution in [2.45, 2.75) is 38.3 Å². The molecule has 0 aliphatic heterocycles. The lowest BCUT2D eigenvalue weighted by Gasteiger charge is -2.17. The van der Waals surface area contributed by atoms with Crippen LogP contribution < -0.4 is 10.5 Å². The molecule has 0 saturated heterocycles. The normalized spacial score (nSPS) is 16.3. The van der Waals surface area contributed by atoms with Crippen LogP contribution in [-0.2, 0) is 6.54 Å². The van der Waals surface area contributed by atoms with E-state index < -0.39 is 0 Å². The van der Waals surface area contributed by atoms with Crippen molar-refractivity contribution < 1.29 is 4.74 Å². The predicted octanol–water partition coefficient (Wildman–Crippen LogP) is 3.62. The average Bonchev–Trinajstić information content (AvgIpc) is 2.91. The summed E-state index contributed by atoms with van der Waals surface area (Å²) in [6.07, 6.45) is 5.32. The lowest BCUT2D eigenvalue weighted by molar-refractivity contribution is 0.208. The lowest BCUT2D eigenvalue weighted by atomic mass is 10.0. The number of rotatable bonds is 3. The van der Waals surface area contributed by atoms with E-state index in [1.165, 1.54) is 36.5 Å². The fourth-order valence-electron chi connectivity index (χ4n) is 2.82. The summed E-state index contributed by atoms with van der Waals surface area (Å²) in [5, 5.41) is 2.45. The molecule has 2 N–H and O–H groups in total. The standard InChI is InChI=1S/C16H19NO/c17-11-15-14-8-4-1-5-12(14)9-10-16(15)18-13-6-2-3-7-13/h1,4-5,8-10,13H,2-3,6-7,11,17H2. The Kier molecular flexibility index (Phi) is 3.20. The van der Waals surface area contributed by atoms with Crippen molar-refractivity contribution >= 4 is 10.8 Å². The summed E-state index contributed by atoms with van der Waals surface area (Å²) in [5.41, 5.74) is 7.05. The Morgan fingerprint density at radius 3 is 2.61 bits per heavy atom. The van der Waals surface area contributed by atoms with Crippen LogP contribution in [0.5, 0.6) is 5.75 Å². The molecule has 2 nitrogen and oxygen atoms in total. The van der Waals surface area contributed by atoms with Crippen molar-refractivity contribution in [1.29, 1.82) is 0 Å². The summed E-state index contributed by atoms with van der Waals surface area (Å²) in [7, 11) is 0.